The van der Waals surface area contributed by atoms with Crippen LogP contribution in [-0.4, -0.2) is 40.5 Å². The quantitative estimate of drug-likeness (QED) is 0.487. The molecule has 0 unspecified atom stereocenters. The third-order valence-electron chi connectivity index (χ3n) is 4.59. The Bertz CT molecular complexity index is 1210. The lowest BCUT2D eigenvalue weighted by molar-refractivity contribution is -0.113. The van der Waals surface area contributed by atoms with Gasteiger partial charge in [0.05, 0.1) is 31.2 Å². The molecule has 2 aromatic heterocycles. The van der Waals surface area contributed by atoms with Crippen LogP contribution in [0.3, 0.4) is 0 Å². The molecule has 0 aliphatic rings. The highest BCUT2D eigenvalue weighted by Crippen LogP contribution is 2.30. The number of rotatable bonds is 6. The second-order valence-electron chi connectivity index (χ2n) is 6.42. The molecule has 2 heterocycles. The van der Waals surface area contributed by atoms with Crippen LogP contribution in [0.2, 0.25) is 0 Å². The maximum absolute atomic E-state index is 12.5. The Kier molecular flexibility index (Phi) is 5.26. The van der Waals surface area contributed by atoms with Gasteiger partial charge in [-0.15, -0.1) is 10.2 Å². The van der Waals surface area contributed by atoms with E-state index in [-0.39, 0.29) is 11.7 Å². The Morgan fingerprint density at radius 1 is 1.10 bits per heavy atom. The first-order chi connectivity index (χ1) is 14.1. The zero-order valence-electron chi connectivity index (χ0n) is 16.3. The summed E-state index contributed by atoms with van der Waals surface area (Å²) in [6, 6.07) is 15.3. The molecule has 8 heteroatoms. The zero-order chi connectivity index (χ0) is 20.4. The highest BCUT2D eigenvalue weighted by Gasteiger charge is 2.14. The van der Waals surface area contributed by atoms with E-state index in [4.69, 9.17) is 9.47 Å². The van der Waals surface area contributed by atoms with E-state index in [2.05, 4.69) is 28.5 Å². The molecule has 1 amide bonds. The number of fused-ring (bicyclic) bond motifs is 3. The zero-order valence-corrected chi connectivity index (χ0v) is 17.1. The molecule has 4 aromatic rings. The molecular formula is C21H20N4O3S. The molecule has 1 N–H and O–H groups in total. The van der Waals surface area contributed by atoms with Gasteiger partial charge in [-0.3, -0.25) is 9.20 Å². The number of methoxy groups -OCH3 is 2. The average Bonchev–Trinajstić information content (AvgIpc) is 3.15. The minimum absolute atomic E-state index is 0.161. The van der Waals surface area contributed by atoms with Crippen LogP contribution in [0.4, 0.5) is 5.69 Å². The van der Waals surface area contributed by atoms with E-state index in [1.807, 2.05) is 28.7 Å². The third kappa shape index (κ3) is 3.71. The van der Waals surface area contributed by atoms with E-state index in [9.17, 15) is 4.79 Å². The number of nitrogens with one attached hydrogen (secondary N) is 1. The van der Waals surface area contributed by atoms with Crippen LogP contribution in [0.15, 0.2) is 53.7 Å². The molecule has 0 radical (unpaired) electrons. The van der Waals surface area contributed by atoms with Crippen LogP contribution < -0.4 is 14.8 Å². The molecular weight excluding hydrogens is 388 g/mol. The molecule has 7 nitrogen and oxygen atoms in total. The van der Waals surface area contributed by atoms with Crippen molar-refractivity contribution in [1.82, 2.24) is 14.6 Å². The smallest absolute Gasteiger partial charge is 0.234 e. The van der Waals surface area contributed by atoms with Crippen LogP contribution in [-0.2, 0) is 4.79 Å². The molecule has 0 aliphatic heterocycles. The van der Waals surface area contributed by atoms with Crippen molar-refractivity contribution in [2.24, 2.45) is 0 Å². The highest BCUT2D eigenvalue weighted by atomic mass is 32.2. The van der Waals surface area contributed by atoms with E-state index in [0.29, 0.717) is 22.3 Å². The second kappa shape index (κ2) is 8.00. The molecule has 148 valence electrons. The summed E-state index contributed by atoms with van der Waals surface area (Å²) in [5.74, 6) is 1.23. The van der Waals surface area contributed by atoms with Crippen molar-refractivity contribution in [1.29, 1.82) is 0 Å². The Morgan fingerprint density at radius 3 is 2.72 bits per heavy atom. The number of amides is 1. The van der Waals surface area contributed by atoms with Crippen LogP contribution in [0, 0.1) is 6.92 Å². The predicted molar refractivity (Wildman–Crippen MR) is 114 cm³/mol. The number of para-hydroxylation sites is 1. The third-order valence-corrected chi connectivity index (χ3v) is 5.52. The number of ether oxygens (including phenoxy) is 2. The fourth-order valence-electron chi connectivity index (χ4n) is 3.19. The summed E-state index contributed by atoms with van der Waals surface area (Å²) in [5.41, 5.74) is 3.51. The first-order valence-corrected chi connectivity index (χ1v) is 9.97. The number of nitrogens with zero attached hydrogens (tertiary/aromatic N) is 3. The standard InChI is InChI=1S/C21H20N4O3S/c1-13-10-19-23-24-21(25(19)17-7-5-4-6-15(13)17)29-12-20(26)22-16-9-8-14(27-2)11-18(16)28-3/h4-11H,12H2,1-3H3,(H,22,26). The van der Waals surface area contributed by atoms with Crippen LogP contribution in [0.1, 0.15) is 5.56 Å². The van der Waals surface area contributed by atoms with Crippen LogP contribution in [0.5, 0.6) is 11.5 Å². The van der Waals surface area contributed by atoms with Crippen molar-refractivity contribution >= 4 is 39.9 Å². The SMILES string of the molecule is COc1ccc(NC(=O)CSc2nnc3cc(C)c4ccccc4n23)c(OC)c1. The average molecular weight is 408 g/mol. The molecule has 2 aromatic carbocycles. The van der Waals surface area contributed by atoms with Gasteiger partial charge < -0.3 is 14.8 Å². The summed E-state index contributed by atoms with van der Waals surface area (Å²) < 4.78 is 12.5. The van der Waals surface area contributed by atoms with Gasteiger partial charge >= 0.3 is 0 Å². The second-order valence-corrected chi connectivity index (χ2v) is 7.37. The van der Waals surface area contributed by atoms with E-state index >= 15 is 0 Å². The Hall–Kier alpha value is -3.26. The number of hydrogen-bond donors (Lipinski definition) is 1. The van der Waals surface area contributed by atoms with Gasteiger partial charge in [0.1, 0.15) is 11.5 Å². The fourth-order valence-corrected chi connectivity index (χ4v) is 3.94. The van der Waals surface area contributed by atoms with Crippen molar-refractivity contribution in [3.05, 3.63) is 54.1 Å². The monoisotopic (exact) mass is 408 g/mol. The van der Waals surface area contributed by atoms with E-state index in [0.717, 1.165) is 22.1 Å². The maximum atomic E-state index is 12.5. The minimum atomic E-state index is -0.161. The highest BCUT2D eigenvalue weighted by molar-refractivity contribution is 7.99. The van der Waals surface area contributed by atoms with Gasteiger partial charge in [0.25, 0.3) is 0 Å². The number of pyridine rings is 1. The van der Waals surface area contributed by atoms with Gasteiger partial charge in [-0.05, 0) is 36.8 Å². The number of anilines is 1. The summed E-state index contributed by atoms with van der Waals surface area (Å²) in [7, 11) is 3.13. The van der Waals surface area contributed by atoms with Crippen LogP contribution >= 0.6 is 11.8 Å². The molecule has 0 aliphatic carbocycles. The number of benzene rings is 2. The number of aromatic nitrogens is 3. The number of thioether (sulfide) groups is 1. The normalized spacial score (nSPS) is 11.0. The molecule has 0 fully saturated rings. The van der Waals surface area contributed by atoms with Crippen molar-refractivity contribution in [3.8, 4) is 11.5 Å². The molecule has 0 bridgehead atoms. The molecule has 4 rings (SSSR count). The predicted octanol–water partition coefficient (Wildman–Crippen LogP) is 3.94. The van der Waals surface area contributed by atoms with Gasteiger partial charge in [0.15, 0.2) is 10.8 Å². The topological polar surface area (TPSA) is 77.8 Å². The molecule has 0 saturated heterocycles. The Morgan fingerprint density at radius 2 is 1.93 bits per heavy atom. The van der Waals surface area contributed by atoms with Crippen LogP contribution in [0.25, 0.3) is 16.6 Å². The summed E-state index contributed by atoms with van der Waals surface area (Å²) in [4.78, 5) is 12.5. The lowest BCUT2D eigenvalue weighted by Crippen LogP contribution is -2.15. The van der Waals surface area contributed by atoms with Gasteiger partial charge in [0.2, 0.25) is 5.91 Å². The largest absolute Gasteiger partial charge is 0.497 e. The van der Waals surface area contributed by atoms with E-state index in [1.54, 1.807) is 32.4 Å². The maximum Gasteiger partial charge on any atom is 0.234 e. The van der Waals surface area contributed by atoms with Gasteiger partial charge in [-0.25, -0.2) is 0 Å². The summed E-state index contributed by atoms with van der Waals surface area (Å²) in [6.45, 7) is 2.06. The van der Waals surface area contributed by atoms with Crippen molar-refractivity contribution in [2.45, 2.75) is 12.1 Å². The summed E-state index contributed by atoms with van der Waals surface area (Å²) in [6.07, 6.45) is 0. The van der Waals surface area contributed by atoms with E-state index in [1.165, 1.54) is 11.8 Å². The molecule has 0 atom stereocenters. The first kappa shape index (κ1) is 19.1. The first-order valence-electron chi connectivity index (χ1n) is 8.99. The lowest BCUT2D eigenvalue weighted by Gasteiger charge is -2.11. The summed E-state index contributed by atoms with van der Waals surface area (Å²) in [5, 5.41) is 13.2. The Labute approximate surface area is 172 Å². The number of hydrogen-bond acceptors (Lipinski definition) is 6. The fraction of sp³-hybridized carbons (Fsp3) is 0.190. The molecule has 0 spiro atoms. The summed E-state index contributed by atoms with van der Waals surface area (Å²) >= 11 is 1.34. The molecule has 0 saturated carbocycles. The van der Waals surface area contributed by atoms with Gasteiger partial charge in [-0.2, -0.15) is 0 Å². The number of carbonyl (C=O) groups is 1. The van der Waals surface area contributed by atoms with Crippen molar-refractivity contribution in [2.75, 3.05) is 25.3 Å². The van der Waals surface area contributed by atoms with Gasteiger partial charge in [-0.1, -0.05) is 30.0 Å². The van der Waals surface area contributed by atoms with Crippen molar-refractivity contribution < 1.29 is 14.3 Å². The number of aryl methyl sites for hydroxylation is 1. The Balaban J connectivity index is 1.55. The molecule has 29 heavy (non-hydrogen) atoms. The lowest BCUT2D eigenvalue weighted by atomic mass is 10.1. The van der Waals surface area contributed by atoms with Gasteiger partial charge in [0, 0.05) is 11.5 Å². The minimum Gasteiger partial charge on any atom is -0.497 e. The van der Waals surface area contributed by atoms with Crippen molar-refractivity contribution in [3.63, 3.8) is 0 Å². The van der Waals surface area contributed by atoms with E-state index < -0.39 is 0 Å². The number of carbonyl (C=O) groups excluding carboxylic acids is 1.